The Morgan fingerprint density at radius 3 is 2.52 bits per heavy atom. The minimum Gasteiger partial charge on any atom is -0.497 e. The van der Waals surface area contributed by atoms with Crippen LogP contribution in [0.3, 0.4) is 0 Å². The number of benzene rings is 2. The number of halogens is 1. The lowest BCUT2D eigenvalue weighted by molar-refractivity contribution is -0.139. The summed E-state index contributed by atoms with van der Waals surface area (Å²) in [6.45, 7) is 6.21. The van der Waals surface area contributed by atoms with E-state index in [1.54, 1.807) is 20.2 Å². The van der Waals surface area contributed by atoms with Crippen molar-refractivity contribution in [1.82, 2.24) is 10.3 Å². The number of piperidine rings is 1. The third-order valence-corrected chi connectivity index (χ3v) is 7.49. The van der Waals surface area contributed by atoms with Crippen LogP contribution in [0.2, 0.25) is 0 Å². The molecule has 1 unspecified atom stereocenters. The Morgan fingerprint density at radius 2 is 1.88 bits per heavy atom. The molecule has 3 N–H and O–H groups in total. The van der Waals surface area contributed by atoms with Crippen LogP contribution in [-0.4, -0.2) is 54.8 Å². The van der Waals surface area contributed by atoms with E-state index >= 15 is 0 Å². The van der Waals surface area contributed by atoms with Crippen LogP contribution in [0.4, 0.5) is 15.9 Å². The van der Waals surface area contributed by atoms with Gasteiger partial charge in [0.25, 0.3) is 5.91 Å². The third-order valence-electron chi connectivity index (χ3n) is 7.49. The molecule has 0 radical (unpaired) electrons. The highest BCUT2D eigenvalue weighted by Crippen LogP contribution is 2.25. The van der Waals surface area contributed by atoms with Crippen LogP contribution in [0.25, 0.3) is 0 Å². The molecule has 1 saturated heterocycles. The normalized spacial score (nSPS) is 14.4. The van der Waals surface area contributed by atoms with Gasteiger partial charge in [-0.1, -0.05) is 19.1 Å². The summed E-state index contributed by atoms with van der Waals surface area (Å²) in [4.78, 5) is 31.7. The molecule has 212 valence electrons. The van der Waals surface area contributed by atoms with E-state index in [0.29, 0.717) is 29.0 Å². The highest BCUT2D eigenvalue weighted by atomic mass is 19.1. The fourth-order valence-electron chi connectivity index (χ4n) is 5.20. The first-order valence-corrected chi connectivity index (χ1v) is 13.7. The van der Waals surface area contributed by atoms with Crippen LogP contribution < -0.4 is 20.3 Å². The van der Waals surface area contributed by atoms with Gasteiger partial charge in [0.15, 0.2) is 0 Å². The Bertz CT molecular complexity index is 1320. The maximum atomic E-state index is 13.8. The Labute approximate surface area is 234 Å². The molecule has 8 nitrogen and oxygen atoms in total. The average molecular weight is 549 g/mol. The number of pyridine rings is 1. The van der Waals surface area contributed by atoms with Crippen molar-refractivity contribution in [3.63, 3.8) is 0 Å². The molecule has 0 bridgehead atoms. The monoisotopic (exact) mass is 548 g/mol. The van der Waals surface area contributed by atoms with Crippen LogP contribution >= 0.6 is 0 Å². The van der Waals surface area contributed by atoms with Crippen LogP contribution in [0.5, 0.6) is 5.75 Å². The van der Waals surface area contributed by atoms with E-state index < -0.39 is 23.7 Å². The number of aliphatic carboxylic acids is 1. The molecule has 0 saturated carbocycles. The summed E-state index contributed by atoms with van der Waals surface area (Å²) in [5.74, 6) is 0.106. The molecule has 2 heterocycles. The van der Waals surface area contributed by atoms with E-state index in [4.69, 9.17) is 4.74 Å². The molecule has 1 aromatic heterocycles. The number of rotatable bonds is 11. The molecule has 1 aliphatic heterocycles. The summed E-state index contributed by atoms with van der Waals surface area (Å²) in [7, 11) is 1.64. The SMILES string of the molecule is CCc1cc(F)cc(C)c1C(=O)NC(Cc1ccc(N2CCC(CNc3cc(OC)ccn3)CC2)cc1)C(=O)O. The largest absolute Gasteiger partial charge is 0.497 e. The highest BCUT2D eigenvalue weighted by Gasteiger charge is 2.24. The topological polar surface area (TPSA) is 104 Å². The predicted molar refractivity (Wildman–Crippen MR) is 154 cm³/mol. The molecule has 0 aliphatic carbocycles. The van der Waals surface area contributed by atoms with E-state index in [-0.39, 0.29) is 6.42 Å². The number of carbonyl (C=O) groups is 2. The molecule has 9 heteroatoms. The molecular weight excluding hydrogens is 511 g/mol. The lowest BCUT2D eigenvalue weighted by atomic mass is 9.96. The van der Waals surface area contributed by atoms with Gasteiger partial charge in [0.1, 0.15) is 23.4 Å². The van der Waals surface area contributed by atoms with Crippen LogP contribution in [0, 0.1) is 18.7 Å². The number of hydrogen-bond acceptors (Lipinski definition) is 6. The number of aryl methyl sites for hydroxylation is 2. The number of ether oxygens (including phenoxy) is 1. The highest BCUT2D eigenvalue weighted by molar-refractivity contribution is 5.99. The lowest BCUT2D eigenvalue weighted by Crippen LogP contribution is -2.42. The average Bonchev–Trinajstić information content (AvgIpc) is 2.96. The summed E-state index contributed by atoms with van der Waals surface area (Å²) in [5.41, 5.74) is 3.28. The molecule has 40 heavy (non-hydrogen) atoms. The number of aromatic nitrogens is 1. The quantitative estimate of drug-likeness (QED) is 0.315. The Hall–Kier alpha value is -4.14. The summed E-state index contributed by atoms with van der Waals surface area (Å²) in [6, 6.07) is 13.1. The zero-order valence-electron chi connectivity index (χ0n) is 23.2. The summed E-state index contributed by atoms with van der Waals surface area (Å²) >= 11 is 0. The fourth-order valence-corrected chi connectivity index (χ4v) is 5.20. The molecule has 1 amide bonds. The lowest BCUT2D eigenvalue weighted by Gasteiger charge is -2.34. The maximum Gasteiger partial charge on any atom is 0.326 e. The Kier molecular flexibility index (Phi) is 9.58. The number of methoxy groups -OCH3 is 1. The predicted octanol–water partition coefficient (Wildman–Crippen LogP) is 4.85. The number of nitrogens with zero attached hydrogens (tertiary/aromatic N) is 2. The van der Waals surface area contributed by atoms with Gasteiger partial charge in [-0.15, -0.1) is 0 Å². The maximum absolute atomic E-state index is 13.8. The number of hydrogen-bond donors (Lipinski definition) is 3. The molecule has 1 fully saturated rings. The number of carboxylic acids is 1. The molecule has 1 atom stereocenters. The first-order chi connectivity index (χ1) is 19.3. The van der Waals surface area contributed by atoms with Crippen molar-refractivity contribution in [2.45, 2.75) is 45.6 Å². The number of carbonyl (C=O) groups excluding carboxylic acids is 1. The first kappa shape index (κ1) is 28.9. The van der Waals surface area contributed by atoms with Crippen LogP contribution in [-0.2, 0) is 17.6 Å². The van der Waals surface area contributed by atoms with Gasteiger partial charge in [0.05, 0.1) is 7.11 Å². The minimum absolute atomic E-state index is 0.148. The Balaban J connectivity index is 1.31. The fraction of sp³-hybridized carbons (Fsp3) is 0.387. The van der Waals surface area contributed by atoms with Gasteiger partial charge in [0.2, 0.25) is 0 Å². The van der Waals surface area contributed by atoms with Crippen molar-refractivity contribution in [3.8, 4) is 5.75 Å². The summed E-state index contributed by atoms with van der Waals surface area (Å²) in [6.07, 6.45) is 4.44. The zero-order valence-corrected chi connectivity index (χ0v) is 23.2. The second-order valence-electron chi connectivity index (χ2n) is 10.2. The van der Waals surface area contributed by atoms with Gasteiger partial charge in [-0.25, -0.2) is 14.2 Å². The van der Waals surface area contributed by atoms with E-state index in [9.17, 15) is 19.1 Å². The van der Waals surface area contributed by atoms with E-state index in [0.717, 1.165) is 55.3 Å². The second-order valence-corrected chi connectivity index (χ2v) is 10.2. The Morgan fingerprint density at radius 1 is 1.15 bits per heavy atom. The van der Waals surface area contributed by atoms with Crippen LogP contribution in [0.15, 0.2) is 54.7 Å². The van der Waals surface area contributed by atoms with Crippen LogP contribution in [0.1, 0.15) is 46.8 Å². The van der Waals surface area contributed by atoms with Gasteiger partial charge in [-0.3, -0.25) is 4.79 Å². The minimum atomic E-state index is -1.12. The van der Waals surface area contributed by atoms with E-state index in [1.165, 1.54) is 12.1 Å². The van der Waals surface area contributed by atoms with Crippen molar-refractivity contribution in [2.24, 2.45) is 5.92 Å². The number of anilines is 2. The van der Waals surface area contributed by atoms with Gasteiger partial charge < -0.3 is 25.4 Å². The summed E-state index contributed by atoms with van der Waals surface area (Å²) in [5, 5.41) is 15.8. The van der Waals surface area contributed by atoms with Gasteiger partial charge in [-0.2, -0.15) is 0 Å². The first-order valence-electron chi connectivity index (χ1n) is 13.7. The van der Waals surface area contributed by atoms with Crippen molar-refractivity contribution in [3.05, 3.63) is 82.8 Å². The van der Waals surface area contributed by atoms with Gasteiger partial charge >= 0.3 is 5.97 Å². The molecule has 3 aromatic rings. The van der Waals surface area contributed by atoms with Gasteiger partial charge in [-0.05, 0) is 79.1 Å². The van der Waals surface area contributed by atoms with Gasteiger partial charge in [0, 0.05) is 49.6 Å². The summed E-state index contributed by atoms with van der Waals surface area (Å²) < 4.78 is 19.1. The molecule has 4 rings (SSSR count). The number of carboxylic acid groups (broad SMARTS) is 1. The van der Waals surface area contributed by atoms with Crippen molar-refractivity contribution >= 4 is 23.4 Å². The zero-order chi connectivity index (χ0) is 28.6. The van der Waals surface area contributed by atoms with Crippen molar-refractivity contribution in [1.29, 1.82) is 0 Å². The number of nitrogens with one attached hydrogen (secondary N) is 2. The molecular formula is C31H37FN4O4. The standard InChI is InChI=1S/C31H37FN4O4/c1-4-23-17-24(32)15-20(2)29(23)30(37)35-27(31(38)39)16-21-5-7-25(8-6-21)36-13-10-22(11-14-36)19-34-28-18-26(40-3)9-12-33-28/h5-9,12,15,17-18,22,27H,4,10-11,13-14,16,19H2,1-3H3,(H,33,34)(H,35,37)(H,38,39). The molecule has 0 spiro atoms. The molecule has 1 aliphatic rings. The van der Waals surface area contributed by atoms with E-state index in [2.05, 4.69) is 20.5 Å². The smallest absolute Gasteiger partial charge is 0.326 e. The third kappa shape index (κ3) is 7.28. The second kappa shape index (κ2) is 13.3. The van der Waals surface area contributed by atoms with E-state index in [1.807, 2.05) is 43.3 Å². The van der Waals surface area contributed by atoms with Crippen molar-refractivity contribution in [2.75, 3.05) is 37.0 Å². The number of amides is 1. The van der Waals surface area contributed by atoms with Crippen molar-refractivity contribution < 1.29 is 23.8 Å². The molecule has 2 aromatic carbocycles.